The minimum atomic E-state index is -0.102. The van der Waals surface area contributed by atoms with Crippen LogP contribution >= 0.6 is 0 Å². The number of fused-ring (bicyclic) bond motifs is 1. The summed E-state index contributed by atoms with van der Waals surface area (Å²) in [6.07, 6.45) is 5.01. The van der Waals surface area contributed by atoms with Crippen molar-refractivity contribution < 1.29 is 14.3 Å². The summed E-state index contributed by atoms with van der Waals surface area (Å²) < 4.78 is 5.91. The van der Waals surface area contributed by atoms with E-state index in [1.165, 1.54) is 11.1 Å². The van der Waals surface area contributed by atoms with E-state index in [1.54, 1.807) is 0 Å². The van der Waals surface area contributed by atoms with Gasteiger partial charge in [0, 0.05) is 25.6 Å². The lowest BCUT2D eigenvalue weighted by atomic mass is 9.87. The zero-order valence-corrected chi connectivity index (χ0v) is 18.2. The molecule has 0 spiro atoms. The monoisotopic (exact) mass is 418 g/mol. The minimum Gasteiger partial charge on any atom is -0.484 e. The summed E-state index contributed by atoms with van der Waals surface area (Å²) in [4.78, 5) is 29.4. The lowest BCUT2D eigenvalue weighted by Gasteiger charge is -2.38. The molecule has 2 amide bonds. The Balaban J connectivity index is 1.43. The molecule has 5 nitrogen and oxygen atoms in total. The van der Waals surface area contributed by atoms with E-state index in [2.05, 4.69) is 42.2 Å². The van der Waals surface area contributed by atoms with Crippen LogP contribution in [0.5, 0.6) is 5.75 Å². The SMILES string of the molecule is Cc1ccc([C@@H]2c3cc(OCC(=O)N4CCCC4)ccc3CCN2C(=O)C2CC2)cc1. The summed E-state index contributed by atoms with van der Waals surface area (Å²) in [5.74, 6) is 1.21. The molecule has 1 saturated heterocycles. The smallest absolute Gasteiger partial charge is 0.260 e. The first-order valence-corrected chi connectivity index (χ1v) is 11.5. The summed E-state index contributed by atoms with van der Waals surface area (Å²) in [5, 5.41) is 0. The predicted molar refractivity (Wildman–Crippen MR) is 119 cm³/mol. The Hall–Kier alpha value is -2.82. The van der Waals surface area contributed by atoms with Gasteiger partial charge >= 0.3 is 0 Å². The number of hydrogen-bond donors (Lipinski definition) is 0. The number of ether oxygens (including phenoxy) is 1. The van der Waals surface area contributed by atoms with Gasteiger partial charge in [-0.2, -0.15) is 0 Å². The molecular formula is C26H30N2O3. The predicted octanol–water partition coefficient (Wildman–Crippen LogP) is 3.88. The van der Waals surface area contributed by atoms with Gasteiger partial charge in [0.2, 0.25) is 5.91 Å². The van der Waals surface area contributed by atoms with Gasteiger partial charge in [-0.25, -0.2) is 0 Å². The van der Waals surface area contributed by atoms with Crippen LogP contribution < -0.4 is 4.74 Å². The molecule has 2 aromatic carbocycles. The Morgan fingerprint density at radius 2 is 1.74 bits per heavy atom. The van der Waals surface area contributed by atoms with Crippen LogP contribution in [0, 0.1) is 12.8 Å². The largest absolute Gasteiger partial charge is 0.484 e. The Kier molecular flexibility index (Phi) is 5.43. The van der Waals surface area contributed by atoms with Crippen LogP contribution in [0.15, 0.2) is 42.5 Å². The number of amides is 2. The molecule has 2 aliphatic heterocycles. The zero-order chi connectivity index (χ0) is 21.4. The highest BCUT2D eigenvalue weighted by Crippen LogP contribution is 2.41. The number of aryl methyl sites for hydroxylation is 1. The van der Waals surface area contributed by atoms with Crippen LogP contribution in [0.25, 0.3) is 0 Å². The Labute approximate surface area is 184 Å². The zero-order valence-electron chi connectivity index (χ0n) is 18.2. The normalized spacial score (nSPS) is 20.5. The van der Waals surface area contributed by atoms with E-state index in [0.717, 1.165) is 62.9 Å². The van der Waals surface area contributed by atoms with Crippen molar-refractivity contribution in [2.75, 3.05) is 26.2 Å². The van der Waals surface area contributed by atoms with Crippen molar-refractivity contribution in [3.05, 3.63) is 64.7 Å². The maximum atomic E-state index is 13.1. The highest BCUT2D eigenvalue weighted by atomic mass is 16.5. The van der Waals surface area contributed by atoms with Crippen LogP contribution in [0.3, 0.4) is 0 Å². The van der Waals surface area contributed by atoms with E-state index in [1.807, 2.05) is 17.0 Å². The molecule has 2 heterocycles. The van der Waals surface area contributed by atoms with Crippen molar-refractivity contribution in [2.45, 2.75) is 45.1 Å². The maximum absolute atomic E-state index is 13.1. The summed E-state index contributed by atoms with van der Waals surface area (Å²) in [7, 11) is 0. The molecule has 1 atom stereocenters. The second kappa shape index (κ2) is 8.37. The second-order valence-corrected chi connectivity index (χ2v) is 9.11. The van der Waals surface area contributed by atoms with E-state index in [9.17, 15) is 9.59 Å². The molecule has 0 N–H and O–H groups in total. The number of carbonyl (C=O) groups is 2. The number of benzene rings is 2. The molecule has 1 aliphatic carbocycles. The van der Waals surface area contributed by atoms with Gasteiger partial charge in [-0.3, -0.25) is 9.59 Å². The first-order valence-electron chi connectivity index (χ1n) is 11.5. The van der Waals surface area contributed by atoms with Crippen molar-refractivity contribution in [3.8, 4) is 5.75 Å². The van der Waals surface area contributed by atoms with E-state index < -0.39 is 0 Å². The van der Waals surface area contributed by atoms with Crippen molar-refractivity contribution in [1.82, 2.24) is 9.80 Å². The van der Waals surface area contributed by atoms with Crippen LogP contribution in [0.2, 0.25) is 0 Å². The molecule has 2 aromatic rings. The number of hydrogen-bond acceptors (Lipinski definition) is 3. The molecule has 1 saturated carbocycles. The van der Waals surface area contributed by atoms with E-state index in [4.69, 9.17) is 4.74 Å². The minimum absolute atomic E-state index is 0.0517. The van der Waals surface area contributed by atoms with Gasteiger partial charge in [-0.05, 0) is 67.9 Å². The van der Waals surface area contributed by atoms with Gasteiger partial charge in [0.1, 0.15) is 5.75 Å². The topological polar surface area (TPSA) is 49.9 Å². The fourth-order valence-electron chi connectivity index (χ4n) is 4.80. The van der Waals surface area contributed by atoms with Crippen LogP contribution in [-0.2, 0) is 16.0 Å². The quantitative estimate of drug-likeness (QED) is 0.740. The summed E-state index contributed by atoms with van der Waals surface area (Å²) in [5.41, 5.74) is 4.71. The summed E-state index contributed by atoms with van der Waals surface area (Å²) in [6.45, 7) is 4.56. The van der Waals surface area contributed by atoms with Crippen molar-refractivity contribution in [2.24, 2.45) is 5.92 Å². The first-order chi connectivity index (χ1) is 15.1. The molecule has 0 bridgehead atoms. The van der Waals surface area contributed by atoms with Gasteiger partial charge in [0.15, 0.2) is 6.61 Å². The lowest BCUT2D eigenvalue weighted by molar-refractivity contribution is -0.134. The van der Waals surface area contributed by atoms with Gasteiger partial charge in [-0.15, -0.1) is 0 Å². The number of carbonyl (C=O) groups excluding carboxylic acids is 2. The fraction of sp³-hybridized carbons (Fsp3) is 0.462. The Morgan fingerprint density at radius 3 is 2.45 bits per heavy atom. The van der Waals surface area contributed by atoms with Crippen molar-refractivity contribution >= 4 is 11.8 Å². The van der Waals surface area contributed by atoms with E-state index >= 15 is 0 Å². The average molecular weight is 419 g/mol. The molecule has 2 fully saturated rings. The van der Waals surface area contributed by atoms with Crippen molar-refractivity contribution in [3.63, 3.8) is 0 Å². The van der Waals surface area contributed by atoms with Crippen molar-refractivity contribution in [1.29, 1.82) is 0 Å². The standard InChI is InChI=1S/C26H30N2O3/c1-18-4-6-20(7-5-18)25-23-16-22(31-17-24(29)27-13-2-3-14-27)11-10-19(23)12-15-28(25)26(30)21-8-9-21/h4-7,10-11,16,21,25H,2-3,8-9,12-15,17H2,1H3/t25-/m1/s1. The van der Waals surface area contributed by atoms with Gasteiger partial charge < -0.3 is 14.5 Å². The fourth-order valence-corrected chi connectivity index (χ4v) is 4.80. The highest BCUT2D eigenvalue weighted by Gasteiger charge is 2.39. The summed E-state index contributed by atoms with van der Waals surface area (Å²) >= 11 is 0. The molecule has 5 rings (SSSR count). The molecule has 0 unspecified atom stereocenters. The third-order valence-electron chi connectivity index (χ3n) is 6.77. The third kappa shape index (κ3) is 4.18. The number of rotatable bonds is 5. The Bertz CT molecular complexity index is 975. The molecule has 3 aliphatic rings. The molecular weight excluding hydrogens is 388 g/mol. The molecule has 0 radical (unpaired) electrons. The maximum Gasteiger partial charge on any atom is 0.260 e. The van der Waals surface area contributed by atoms with Crippen LogP contribution in [-0.4, -0.2) is 47.9 Å². The molecule has 31 heavy (non-hydrogen) atoms. The Morgan fingerprint density at radius 1 is 1.00 bits per heavy atom. The lowest BCUT2D eigenvalue weighted by Crippen LogP contribution is -2.41. The van der Waals surface area contributed by atoms with Crippen LogP contribution in [0.1, 0.15) is 54.0 Å². The molecule has 162 valence electrons. The number of likely N-dealkylation sites (tertiary alicyclic amines) is 1. The third-order valence-corrected chi connectivity index (χ3v) is 6.77. The summed E-state index contributed by atoms with van der Waals surface area (Å²) in [6, 6.07) is 14.5. The van der Waals surface area contributed by atoms with Crippen LogP contribution in [0.4, 0.5) is 0 Å². The molecule has 0 aromatic heterocycles. The number of nitrogens with zero attached hydrogens (tertiary/aromatic N) is 2. The van der Waals surface area contributed by atoms with E-state index in [0.29, 0.717) is 5.75 Å². The van der Waals surface area contributed by atoms with Gasteiger partial charge in [-0.1, -0.05) is 35.9 Å². The second-order valence-electron chi connectivity index (χ2n) is 9.11. The average Bonchev–Trinajstić information content (AvgIpc) is 3.50. The van der Waals surface area contributed by atoms with Gasteiger partial charge in [0.05, 0.1) is 6.04 Å². The first kappa shape index (κ1) is 20.1. The van der Waals surface area contributed by atoms with E-state index in [-0.39, 0.29) is 30.4 Å². The molecule has 5 heteroatoms. The van der Waals surface area contributed by atoms with Gasteiger partial charge in [0.25, 0.3) is 5.91 Å². The highest BCUT2D eigenvalue weighted by molar-refractivity contribution is 5.82.